The fourth-order valence-electron chi connectivity index (χ4n) is 3.98. The molecule has 0 saturated heterocycles. The molecule has 2 aromatic carbocycles. The van der Waals surface area contributed by atoms with Gasteiger partial charge in [-0.1, -0.05) is 42.3 Å². The average molecular weight is 571 g/mol. The lowest BCUT2D eigenvalue weighted by Gasteiger charge is -2.30. The Bertz CT molecular complexity index is 1200. The highest BCUT2D eigenvalue weighted by molar-refractivity contribution is 7.92. The van der Waals surface area contributed by atoms with Gasteiger partial charge in [0.05, 0.1) is 11.9 Å². The van der Waals surface area contributed by atoms with Crippen LogP contribution in [0.3, 0.4) is 0 Å². The van der Waals surface area contributed by atoms with Crippen LogP contribution in [0, 0.1) is 13.8 Å². The van der Waals surface area contributed by atoms with Crippen LogP contribution in [-0.4, -0.2) is 50.0 Å². The molecule has 2 rings (SSSR count). The number of nitrogens with zero attached hydrogens (tertiary/aromatic N) is 2. The van der Waals surface area contributed by atoms with Crippen LogP contribution in [0.1, 0.15) is 56.7 Å². The van der Waals surface area contributed by atoms with E-state index in [2.05, 4.69) is 5.32 Å². The van der Waals surface area contributed by atoms with Gasteiger partial charge in [-0.3, -0.25) is 13.9 Å². The summed E-state index contributed by atoms with van der Waals surface area (Å²) >= 11 is 12.4. The summed E-state index contributed by atoms with van der Waals surface area (Å²) in [7, 11) is -3.56. The lowest BCUT2D eigenvalue weighted by Crippen LogP contribution is -2.49. The van der Waals surface area contributed by atoms with Crippen LogP contribution in [0.5, 0.6) is 0 Å². The van der Waals surface area contributed by atoms with Crippen molar-refractivity contribution in [3.05, 3.63) is 63.1 Å². The summed E-state index contributed by atoms with van der Waals surface area (Å²) in [6.45, 7) is 9.62. The van der Waals surface area contributed by atoms with Crippen LogP contribution >= 0.6 is 23.2 Å². The van der Waals surface area contributed by atoms with E-state index in [9.17, 15) is 18.0 Å². The summed E-state index contributed by atoms with van der Waals surface area (Å²) in [5.41, 5.74) is 3.13. The predicted molar refractivity (Wildman–Crippen MR) is 152 cm³/mol. The number of hydrogen-bond donors (Lipinski definition) is 1. The lowest BCUT2D eigenvalue weighted by molar-refractivity contribution is -0.140. The maximum Gasteiger partial charge on any atom is 0.242 e. The maximum atomic E-state index is 13.4. The Morgan fingerprint density at radius 1 is 1.03 bits per heavy atom. The number of anilines is 1. The van der Waals surface area contributed by atoms with Crippen molar-refractivity contribution >= 4 is 50.7 Å². The molecule has 1 N–H and O–H groups in total. The Morgan fingerprint density at radius 2 is 1.65 bits per heavy atom. The number of benzene rings is 2. The first-order valence-electron chi connectivity index (χ1n) is 12.3. The zero-order chi connectivity index (χ0) is 27.9. The fourth-order valence-corrected chi connectivity index (χ4v) is 5.40. The molecule has 0 bridgehead atoms. The molecule has 2 amide bonds. The largest absolute Gasteiger partial charge is 0.352 e. The third-order valence-corrected chi connectivity index (χ3v) is 7.95. The van der Waals surface area contributed by atoms with Crippen molar-refractivity contribution < 1.29 is 18.0 Å². The smallest absolute Gasteiger partial charge is 0.242 e. The number of sulfonamides is 1. The Morgan fingerprint density at radius 3 is 2.19 bits per heavy atom. The quantitative estimate of drug-likeness (QED) is 0.366. The van der Waals surface area contributed by atoms with E-state index in [4.69, 9.17) is 23.2 Å². The highest BCUT2D eigenvalue weighted by Crippen LogP contribution is 2.25. The van der Waals surface area contributed by atoms with Crippen LogP contribution in [0.25, 0.3) is 0 Å². The van der Waals surface area contributed by atoms with Gasteiger partial charge in [0.1, 0.15) is 6.04 Å². The van der Waals surface area contributed by atoms with Crippen LogP contribution in [0.15, 0.2) is 36.4 Å². The molecular formula is C27H37Cl2N3O4S. The van der Waals surface area contributed by atoms with Gasteiger partial charge in [-0.15, -0.1) is 0 Å². The molecule has 0 saturated carbocycles. The molecule has 0 aliphatic carbocycles. The van der Waals surface area contributed by atoms with E-state index < -0.39 is 16.1 Å². The molecule has 37 heavy (non-hydrogen) atoms. The summed E-state index contributed by atoms with van der Waals surface area (Å²) in [6.07, 6.45) is 2.25. The average Bonchev–Trinajstić information content (AvgIpc) is 2.79. The molecule has 0 aromatic heterocycles. The van der Waals surface area contributed by atoms with Gasteiger partial charge in [-0.05, 0) is 81.5 Å². The molecule has 204 valence electrons. The van der Waals surface area contributed by atoms with Crippen molar-refractivity contribution in [2.24, 2.45) is 0 Å². The summed E-state index contributed by atoms with van der Waals surface area (Å²) in [6, 6.07) is 9.82. The first-order valence-corrected chi connectivity index (χ1v) is 14.9. The van der Waals surface area contributed by atoms with Crippen molar-refractivity contribution in [2.75, 3.05) is 17.1 Å². The molecule has 0 radical (unpaired) electrons. The zero-order valence-electron chi connectivity index (χ0n) is 22.3. The van der Waals surface area contributed by atoms with Crippen molar-refractivity contribution in [2.45, 2.75) is 72.5 Å². The number of halogens is 2. The van der Waals surface area contributed by atoms with Gasteiger partial charge in [0.25, 0.3) is 0 Å². The van der Waals surface area contributed by atoms with Crippen LogP contribution in [-0.2, 0) is 26.2 Å². The number of carbonyl (C=O) groups is 2. The molecule has 0 heterocycles. The van der Waals surface area contributed by atoms with Gasteiger partial charge in [0.15, 0.2) is 0 Å². The van der Waals surface area contributed by atoms with Gasteiger partial charge in [-0.25, -0.2) is 8.42 Å². The fraction of sp³-hybridized carbons (Fsp3) is 0.481. The zero-order valence-corrected chi connectivity index (χ0v) is 24.7. The number of amides is 2. The Balaban J connectivity index is 2.24. The summed E-state index contributed by atoms with van der Waals surface area (Å²) in [4.78, 5) is 27.8. The molecule has 0 spiro atoms. The molecule has 0 aliphatic rings. The summed E-state index contributed by atoms with van der Waals surface area (Å²) in [5.74, 6) is -0.535. The predicted octanol–water partition coefficient (Wildman–Crippen LogP) is 5.49. The number of rotatable bonds is 12. The molecule has 0 aliphatic heterocycles. The Labute approximate surface area is 231 Å². The van der Waals surface area contributed by atoms with E-state index in [1.807, 2.05) is 45.9 Å². The SMILES string of the molecule is CC[C@@H](C)NC(=O)[C@H](C)N(Cc1ccc(Cl)cc1Cl)C(=O)CCCN(c1cc(C)cc(C)c1)S(C)(=O)=O. The van der Waals surface area contributed by atoms with Gasteiger partial charge in [0, 0.05) is 35.6 Å². The van der Waals surface area contributed by atoms with E-state index >= 15 is 0 Å². The van der Waals surface area contributed by atoms with Crippen molar-refractivity contribution in [1.29, 1.82) is 0 Å². The maximum absolute atomic E-state index is 13.4. The van der Waals surface area contributed by atoms with Crippen molar-refractivity contribution in [1.82, 2.24) is 10.2 Å². The minimum atomic E-state index is -3.56. The minimum absolute atomic E-state index is 0.0351. The molecule has 10 heteroatoms. The third kappa shape index (κ3) is 9.20. The van der Waals surface area contributed by atoms with Gasteiger partial charge in [-0.2, -0.15) is 0 Å². The molecule has 7 nitrogen and oxygen atoms in total. The van der Waals surface area contributed by atoms with E-state index in [0.29, 0.717) is 21.3 Å². The lowest BCUT2D eigenvalue weighted by atomic mass is 10.1. The van der Waals surface area contributed by atoms with Gasteiger partial charge >= 0.3 is 0 Å². The second kappa shape index (κ2) is 13.5. The molecular weight excluding hydrogens is 533 g/mol. The second-order valence-electron chi connectivity index (χ2n) is 9.54. The van der Waals surface area contributed by atoms with Crippen LogP contribution < -0.4 is 9.62 Å². The number of nitrogens with one attached hydrogen (secondary N) is 1. The minimum Gasteiger partial charge on any atom is -0.352 e. The Hall–Kier alpha value is -2.29. The summed E-state index contributed by atoms with van der Waals surface area (Å²) < 4.78 is 26.4. The van der Waals surface area contributed by atoms with E-state index in [-0.39, 0.29) is 43.8 Å². The van der Waals surface area contributed by atoms with Crippen LogP contribution in [0.2, 0.25) is 10.0 Å². The van der Waals surface area contributed by atoms with Gasteiger partial charge in [0.2, 0.25) is 21.8 Å². The van der Waals surface area contributed by atoms with E-state index in [1.165, 1.54) is 9.21 Å². The van der Waals surface area contributed by atoms with Crippen molar-refractivity contribution in [3.8, 4) is 0 Å². The Kier molecular flexibility index (Phi) is 11.3. The molecule has 2 atom stereocenters. The highest BCUT2D eigenvalue weighted by atomic mass is 35.5. The number of carbonyl (C=O) groups excluding carboxylic acids is 2. The monoisotopic (exact) mass is 569 g/mol. The second-order valence-corrected chi connectivity index (χ2v) is 12.3. The topological polar surface area (TPSA) is 86.8 Å². The molecule has 0 unspecified atom stereocenters. The summed E-state index contributed by atoms with van der Waals surface area (Å²) in [5, 5.41) is 3.80. The normalized spacial score (nSPS) is 13.1. The van der Waals surface area contributed by atoms with Crippen LogP contribution in [0.4, 0.5) is 5.69 Å². The van der Waals surface area contributed by atoms with Gasteiger partial charge < -0.3 is 10.2 Å². The number of aryl methyl sites for hydroxylation is 2. The third-order valence-electron chi connectivity index (χ3n) is 6.17. The first kappa shape index (κ1) is 30.9. The first-order chi connectivity index (χ1) is 17.2. The standard InChI is InChI=1S/C27H37Cl2N3O4S/c1-7-20(4)30-27(34)21(5)31(17-22-10-11-23(28)16-25(22)29)26(33)9-8-12-32(37(6,35)36)24-14-18(2)13-19(3)15-24/h10-11,13-16,20-21H,7-9,12,17H2,1-6H3,(H,30,34)/t20-,21+/m1/s1. The van der Waals surface area contributed by atoms with E-state index in [1.54, 1.807) is 25.1 Å². The van der Waals surface area contributed by atoms with E-state index in [0.717, 1.165) is 23.8 Å². The molecule has 2 aromatic rings. The van der Waals surface area contributed by atoms with Crippen molar-refractivity contribution in [3.63, 3.8) is 0 Å². The highest BCUT2D eigenvalue weighted by Gasteiger charge is 2.28. The number of hydrogen-bond acceptors (Lipinski definition) is 4. The molecule has 0 fully saturated rings.